The smallest absolute Gasteiger partial charge is 0.125 e. The highest BCUT2D eigenvalue weighted by Crippen LogP contribution is 2.38. The summed E-state index contributed by atoms with van der Waals surface area (Å²) in [5.74, 6) is 0. The first kappa shape index (κ1) is 12.5. The minimum Gasteiger partial charge on any atom is -0.399 e. The molecule has 21 heavy (non-hydrogen) atoms. The van der Waals surface area contributed by atoms with E-state index in [1.165, 1.54) is 16.0 Å². The van der Waals surface area contributed by atoms with Crippen LogP contribution < -0.4 is 5.73 Å². The van der Waals surface area contributed by atoms with Gasteiger partial charge in [0, 0.05) is 34.1 Å². The van der Waals surface area contributed by atoms with Gasteiger partial charge in [-0.3, -0.25) is 4.98 Å². The average Bonchev–Trinajstić information content (AvgIpc) is 2.85. The lowest BCUT2D eigenvalue weighted by Gasteiger charge is -2.06. The van der Waals surface area contributed by atoms with Gasteiger partial charge in [-0.05, 0) is 49.1 Å². The Balaban J connectivity index is 1.88. The summed E-state index contributed by atoms with van der Waals surface area (Å²) in [6.45, 7) is 0. The van der Waals surface area contributed by atoms with Crippen molar-refractivity contribution in [3.8, 4) is 21.8 Å². The van der Waals surface area contributed by atoms with Gasteiger partial charge in [0.2, 0.25) is 0 Å². The van der Waals surface area contributed by atoms with Crippen LogP contribution in [0.15, 0.2) is 42.7 Å². The van der Waals surface area contributed by atoms with E-state index in [0.29, 0.717) is 0 Å². The number of fused-ring (bicyclic) bond motifs is 3. The number of aryl methyl sites for hydroxylation is 2. The fourth-order valence-corrected chi connectivity index (χ4v) is 3.94. The van der Waals surface area contributed by atoms with Gasteiger partial charge in [0.15, 0.2) is 0 Å². The maximum absolute atomic E-state index is 5.92. The monoisotopic (exact) mass is 293 g/mol. The van der Waals surface area contributed by atoms with Crippen LogP contribution in [0.25, 0.3) is 21.8 Å². The number of pyridine rings is 1. The van der Waals surface area contributed by atoms with Gasteiger partial charge in [0.25, 0.3) is 0 Å². The molecule has 0 fully saturated rings. The molecule has 1 aliphatic rings. The number of hydrogen-bond donors (Lipinski definition) is 1. The van der Waals surface area contributed by atoms with Gasteiger partial charge in [0.05, 0.1) is 5.69 Å². The summed E-state index contributed by atoms with van der Waals surface area (Å²) >= 11 is 1.79. The van der Waals surface area contributed by atoms with Gasteiger partial charge in [-0.25, -0.2) is 4.98 Å². The highest BCUT2D eigenvalue weighted by atomic mass is 32.1. The van der Waals surface area contributed by atoms with Crippen molar-refractivity contribution in [2.24, 2.45) is 0 Å². The molecular weight excluding hydrogens is 278 g/mol. The van der Waals surface area contributed by atoms with Crippen LogP contribution in [0.5, 0.6) is 0 Å². The molecule has 2 aromatic heterocycles. The van der Waals surface area contributed by atoms with Crippen molar-refractivity contribution in [3.63, 3.8) is 0 Å². The van der Waals surface area contributed by atoms with Crippen molar-refractivity contribution in [1.82, 2.24) is 9.97 Å². The van der Waals surface area contributed by atoms with E-state index >= 15 is 0 Å². The molecule has 3 aromatic rings. The average molecular weight is 293 g/mol. The Hall–Kier alpha value is -2.20. The fraction of sp³-hybridized carbons (Fsp3) is 0.176. The quantitative estimate of drug-likeness (QED) is 0.691. The second-order valence-corrected chi connectivity index (χ2v) is 6.39. The molecule has 0 atom stereocenters. The molecule has 0 radical (unpaired) electrons. The Kier molecular flexibility index (Phi) is 2.97. The van der Waals surface area contributed by atoms with Gasteiger partial charge in [-0.1, -0.05) is 6.07 Å². The van der Waals surface area contributed by atoms with Crippen LogP contribution in [0, 0.1) is 0 Å². The molecule has 1 aliphatic carbocycles. The molecule has 0 saturated carbocycles. The molecule has 0 amide bonds. The molecule has 2 N–H and O–H groups in total. The molecule has 4 heteroatoms. The topological polar surface area (TPSA) is 51.8 Å². The largest absolute Gasteiger partial charge is 0.399 e. The zero-order valence-electron chi connectivity index (χ0n) is 11.5. The Bertz CT molecular complexity index is 793. The van der Waals surface area contributed by atoms with Crippen LogP contribution in [0.1, 0.15) is 16.9 Å². The summed E-state index contributed by atoms with van der Waals surface area (Å²) in [6, 6.07) is 10.2. The lowest BCUT2D eigenvalue weighted by Crippen LogP contribution is -1.92. The van der Waals surface area contributed by atoms with Crippen molar-refractivity contribution in [3.05, 3.63) is 53.2 Å². The number of anilines is 1. The Morgan fingerprint density at radius 1 is 1.14 bits per heavy atom. The predicted octanol–water partition coefficient (Wildman–Crippen LogP) is 3.94. The fourth-order valence-electron chi connectivity index (χ4n) is 2.84. The Morgan fingerprint density at radius 2 is 2.10 bits per heavy atom. The van der Waals surface area contributed by atoms with Gasteiger partial charge < -0.3 is 5.73 Å². The normalized spacial score (nSPS) is 13.3. The van der Waals surface area contributed by atoms with E-state index in [-0.39, 0.29) is 0 Å². The number of nitrogens with zero attached hydrogens (tertiary/aromatic N) is 2. The zero-order chi connectivity index (χ0) is 14.2. The first-order chi connectivity index (χ1) is 10.3. The first-order valence-corrected chi connectivity index (χ1v) is 7.92. The SMILES string of the molecule is Nc1ccc2c(c1)CCCc1sc(-c3cccnc3)nc1-2. The summed E-state index contributed by atoms with van der Waals surface area (Å²) in [6.07, 6.45) is 6.98. The van der Waals surface area contributed by atoms with Crippen LogP contribution in [0.3, 0.4) is 0 Å². The molecular formula is C17H15N3S. The van der Waals surface area contributed by atoms with E-state index in [2.05, 4.69) is 23.2 Å². The van der Waals surface area contributed by atoms with Crippen molar-refractivity contribution >= 4 is 17.0 Å². The third kappa shape index (κ3) is 2.21. The molecule has 0 spiro atoms. The number of rotatable bonds is 1. The van der Waals surface area contributed by atoms with Crippen molar-refractivity contribution in [2.45, 2.75) is 19.3 Å². The molecule has 2 heterocycles. The number of thiazole rings is 1. The summed E-state index contributed by atoms with van der Waals surface area (Å²) in [5.41, 5.74) is 11.5. The summed E-state index contributed by atoms with van der Waals surface area (Å²) < 4.78 is 0. The zero-order valence-corrected chi connectivity index (χ0v) is 12.4. The maximum Gasteiger partial charge on any atom is 0.125 e. The molecule has 4 rings (SSSR count). The summed E-state index contributed by atoms with van der Waals surface area (Å²) in [7, 11) is 0. The van der Waals surface area contributed by atoms with Crippen molar-refractivity contribution < 1.29 is 0 Å². The Labute approximate surface area is 127 Å². The second kappa shape index (κ2) is 4.97. The van der Waals surface area contributed by atoms with Gasteiger partial charge in [-0.15, -0.1) is 11.3 Å². The lowest BCUT2D eigenvalue weighted by atomic mass is 10.0. The van der Waals surface area contributed by atoms with Crippen LogP contribution >= 0.6 is 11.3 Å². The molecule has 0 bridgehead atoms. The van der Waals surface area contributed by atoms with Gasteiger partial charge in [-0.2, -0.15) is 0 Å². The van der Waals surface area contributed by atoms with E-state index in [1.54, 1.807) is 17.5 Å². The van der Waals surface area contributed by atoms with Gasteiger partial charge in [0.1, 0.15) is 5.01 Å². The van der Waals surface area contributed by atoms with E-state index in [1.807, 2.05) is 18.3 Å². The van der Waals surface area contributed by atoms with E-state index < -0.39 is 0 Å². The third-order valence-corrected chi connectivity index (χ3v) is 5.00. The van der Waals surface area contributed by atoms with E-state index in [9.17, 15) is 0 Å². The first-order valence-electron chi connectivity index (χ1n) is 7.10. The molecule has 0 aliphatic heterocycles. The van der Waals surface area contributed by atoms with Crippen LogP contribution in [0.2, 0.25) is 0 Å². The van der Waals surface area contributed by atoms with Crippen LogP contribution in [-0.4, -0.2) is 9.97 Å². The predicted molar refractivity (Wildman–Crippen MR) is 87.2 cm³/mol. The van der Waals surface area contributed by atoms with Crippen molar-refractivity contribution in [2.75, 3.05) is 5.73 Å². The summed E-state index contributed by atoms with van der Waals surface area (Å²) in [5, 5.41) is 1.05. The Morgan fingerprint density at radius 3 is 2.95 bits per heavy atom. The lowest BCUT2D eigenvalue weighted by molar-refractivity contribution is 0.844. The number of aromatic nitrogens is 2. The van der Waals surface area contributed by atoms with E-state index in [0.717, 1.165) is 41.2 Å². The van der Waals surface area contributed by atoms with E-state index in [4.69, 9.17) is 10.7 Å². The molecule has 1 aromatic carbocycles. The summed E-state index contributed by atoms with van der Waals surface area (Å²) in [4.78, 5) is 10.5. The van der Waals surface area contributed by atoms with Crippen molar-refractivity contribution in [1.29, 1.82) is 0 Å². The number of benzene rings is 1. The minimum atomic E-state index is 0.833. The second-order valence-electron chi connectivity index (χ2n) is 5.30. The maximum atomic E-state index is 5.92. The minimum absolute atomic E-state index is 0.833. The molecule has 104 valence electrons. The highest BCUT2D eigenvalue weighted by Gasteiger charge is 2.19. The molecule has 0 unspecified atom stereocenters. The van der Waals surface area contributed by atoms with Crippen LogP contribution in [0.4, 0.5) is 5.69 Å². The number of hydrogen-bond acceptors (Lipinski definition) is 4. The third-order valence-electron chi connectivity index (χ3n) is 3.84. The number of nitrogens with two attached hydrogens (primary N) is 1. The van der Waals surface area contributed by atoms with Gasteiger partial charge >= 0.3 is 0 Å². The highest BCUT2D eigenvalue weighted by molar-refractivity contribution is 7.15. The number of nitrogen functional groups attached to an aromatic ring is 1. The van der Waals surface area contributed by atoms with Crippen LogP contribution in [-0.2, 0) is 12.8 Å². The standard InChI is InChI=1S/C17H15N3S/c18-13-6-7-14-11(9-13)3-1-5-15-16(14)20-17(21-15)12-4-2-8-19-10-12/h2,4,6-10H,1,3,5,18H2. The molecule has 3 nitrogen and oxygen atoms in total. The molecule has 0 saturated heterocycles.